The van der Waals surface area contributed by atoms with Gasteiger partial charge in [-0.15, -0.1) is 0 Å². The lowest BCUT2D eigenvalue weighted by Crippen LogP contribution is -2.49. The third-order valence-electron chi connectivity index (χ3n) is 5.41. The smallest absolute Gasteiger partial charge is 0.251 e. The summed E-state index contributed by atoms with van der Waals surface area (Å²) in [7, 11) is 1.58. The Morgan fingerprint density at radius 3 is 2.57 bits per heavy atom. The van der Waals surface area contributed by atoms with Crippen LogP contribution in [0, 0.1) is 5.82 Å². The van der Waals surface area contributed by atoms with Crippen molar-refractivity contribution >= 4 is 11.9 Å². The Morgan fingerprint density at radius 1 is 1.13 bits per heavy atom. The summed E-state index contributed by atoms with van der Waals surface area (Å²) in [5.41, 5.74) is 1.67. The number of hydrogen-bond donors (Lipinski definition) is 2. The molecule has 0 atom stereocenters. The number of alkyl halides is 1. The van der Waals surface area contributed by atoms with Gasteiger partial charge in [-0.25, -0.2) is 18.7 Å². The van der Waals surface area contributed by atoms with E-state index in [1.54, 1.807) is 37.6 Å². The maximum absolute atomic E-state index is 14.2. The summed E-state index contributed by atoms with van der Waals surface area (Å²) in [6, 6.07) is 10.0. The highest BCUT2D eigenvalue weighted by Gasteiger charge is 2.48. The van der Waals surface area contributed by atoms with Crippen molar-refractivity contribution in [3.8, 4) is 11.1 Å². The van der Waals surface area contributed by atoms with Crippen molar-refractivity contribution in [2.24, 2.45) is 0 Å². The highest BCUT2D eigenvalue weighted by Crippen LogP contribution is 2.45. The minimum atomic E-state index is -0.968. The van der Waals surface area contributed by atoms with Crippen LogP contribution in [0.15, 0.2) is 55.0 Å². The molecule has 1 aliphatic rings. The molecule has 0 spiro atoms. The molecular formula is C22H21F2N5O. The van der Waals surface area contributed by atoms with E-state index in [0.717, 1.165) is 11.1 Å². The monoisotopic (exact) mass is 409 g/mol. The van der Waals surface area contributed by atoms with Crippen molar-refractivity contribution in [2.45, 2.75) is 24.4 Å². The van der Waals surface area contributed by atoms with E-state index in [1.807, 2.05) is 6.07 Å². The van der Waals surface area contributed by atoms with Crippen molar-refractivity contribution in [2.75, 3.05) is 18.9 Å². The largest absolute Gasteiger partial charge is 0.355 e. The summed E-state index contributed by atoms with van der Waals surface area (Å²) in [4.78, 5) is 24.6. The van der Waals surface area contributed by atoms with Crippen LogP contribution < -0.4 is 10.6 Å². The van der Waals surface area contributed by atoms with Crippen LogP contribution in [-0.4, -0.2) is 40.6 Å². The van der Waals surface area contributed by atoms with Crippen LogP contribution in [0.2, 0.25) is 0 Å². The predicted molar refractivity (Wildman–Crippen MR) is 109 cm³/mol. The van der Waals surface area contributed by atoms with Gasteiger partial charge in [-0.05, 0) is 42.7 Å². The third-order valence-corrected chi connectivity index (χ3v) is 5.41. The van der Waals surface area contributed by atoms with Crippen molar-refractivity contribution in [1.82, 2.24) is 20.3 Å². The molecular weight excluding hydrogens is 388 g/mol. The molecule has 4 rings (SSSR count). The Balaban J connectivity index is 1.49. The number of carbonyl (C=O) groups excluding carboxylic acids is 1. The third kappa shape index (κ3) is 3.85. The highest BCUT2D eigenvalue weighted by atomic mass is 19.1. The molecule has 1 saturated carbocycles. The van der Waals surface area contributed by atoms with E-state index >= 15 is 0 Å². The average molecular weight is 409 g/mol. The number of halogens is 2. The maximum Gasteiger partial charge on any atom is 0.251 e. The molecule has 1 aliphatic carbocycles. The first-order valence-electron chi connectivity index (χ1n) is 9.64. The van der Waals surface area contributed by atoms with Gasteiger partial charge in [-0.1, -0.05) is 12.1 Å². The fourth-order valence-electron chi connectivity index (χ4n) is 3.79. The van der Waals surface area contributed by atoms with E-state index in [4.69, 9.17) is 0 Å². The van der Waals surface area contributed by atoms with E-state index in [0.29, 0.717) is 11.5 Å². The molecule has 3 aromatic rings. The van der Waals surface area contributed by atoms with Gasteiger partial charge in [0, 0.05) is 48.7 Å². The molecule has 0 saturated heterocycles. The Hall–Kier alpha value is -3.42. The van der Waals surface area contributed by atoms with Crippen LogP contribution in [0.3, 0.4) is 0 Å². The van der Waals surface area contributed by atoms with Crippen molar-refractivity contribution in [3.05, 3.63) is 72.1 Å². The summed E-state index contributed by atoms with van der Waals surface area (Å²) in [6.45, 7) is 0.285. The van der Waals surface area contributed by atoms with Crippen LogP contribution in [0.25, 0.3) is 11.1 Å². The van der Waals surface area contributed by atoms with Crippen LogP contribution in [0.1, 0.15) is 28.9 Å². The van der Waals surface area contributed by atoms with Gasteiger partial charge in [0.1, 0.15) is 12.0 Å². The normalized spacial score (nSPS) is 20.3. The Morgan fingerprint density at radius 2 is 1.90 bits per heavy atom. The van der Waals surface area contributed by atoms with Crippen molar-refractivity contribution < 1.29 is 13.6 Å². The van der Waals surface area contributed by atoms with Crippen molar-refractivity contribution in [1.29, 1.82) is 0 Å². The number of benzene rings is 1. The van der Waals surface area contributed by atoms with E-state index in [1.165, 1.54) is 18.3 Å². The lowest BCUT2D eigenvalue weighted by molar-refractivity contribution is 0.0958. The van der Waals surface area contributed by atoms with Gasteiger partial charge in [0.2, 0.25) is 5.95 Å². The van der Waals surface area contributed by atoms with E-state index < -0.39 is 17.4 Å². The predicted octanol–water partition coefficient (Wildman–Crippen LogP) is 3.52. The number of pyridine rings is 1. The highest BCUT2D eigenvalue weighted by molar-refractivity contribution is 5.95. The minimum Gasteiger partial charge on any atom is -0.355 e. The first-order valence-corrected chi connectivity index (χ1v) is 9.64. The molecule has 154 valence electrons. The number of aromatic nitrogens is 3. The Labute approximate surface area is 172 Å². The summed E-state index contributed by atoms with van der Waals surface area (Å²) in [6.07, 6.45) is 4.25. The zero-order chi connectivity index (χ0) is 21.1. The van der Waals surface area contributed by atoms with Gasteiger partial charge < -0.3 is 10.6 Å². The topological polar surface area (TPSA) is 79.8 Å². The summed E-state index contributed by atoms with van der Waals surface area (Å²) < 4.78 is 27.9. The second-order valence-electron chi connectivity index (χ2n) is 7.43. The molecule has 8 heteroatoms. The Bertz CT molecular complexity index is 1050. The lowest BCUT2D eigenvalue weighted by Gasteiger charge is -2.43. The standard InChI is InChI=1S/C22H21F2N5O/c1-25-20(30)15-5-2-4-14(8-15)16-11-27-21(28-12-16)29-13-22(9-17(23)10-22)19-18(24)6-3-7-26-19/h2-8,11-12,17H,9-10,13H2,1H3,(H,25,30)(H,27,28,29)/t17-,22-. The molecule has 30 heavy (non-hydrogen) atoms. The molecule has 1 amide bonds. The first kappa shape index (κ1) is 19.9. The second-order valence-corrected chi connectivity index (χ2v) is 7.43. The van der Waals surface area contributed by atoms with Crippen LogP contribution >= 0.6 is 0 Å². The molecule has 2 aromatic heterocycles. The number of nitrogens with one attached hydrogen (secondary N) is 2. The molecule has 1 aromatic carbocycles. The quantitative estimate of drug-likeness (QED) is 0.651. The van der Waals surface area contributed by atoms with Gasteiger partial charge in [0.15, 0.2) is 0 Å². The second kappa shape index (κ2) is 8.14. The summed E-state index contributed by atoms with van der Waals surface area (Å²) in [5.74, 6) is -0.243. The molecule has 2 heterocycles. The van der Waals surface area contributed by atoms with E-state index in [2.05, 4.69) is 25.6 Å². The molecule has 0 radical (unpaired) electrons. The van der Waals surface area contributed by atoms with Gasteiger partial charge in [-0.2, -0.15) is 0 Å². The number of nitrogens with zero attached hydrogens (tertiary/aromatic N) is 3. The van der Waals surface area contributed by atoms with Crippen LogP contribution in [0.5, 0.6) is 0 Å². The summed E-state index contributed by atoms with van der Waals surface area (Å²) in [5, 5.41) is 5.68. The minimum absolute atomic E-state index is 0.172. The zero-order valence-electron chi connectivity index (χ0n) is 16.4. The number of anilines is 1. The van der Waals surface area contributed by atoms with Gasteiger partial charge in [0.25, 0.3) is 5.91 Å². The molecule has 0 unspecified atom stereocenters. The van der Waals surface area contributed by atoms with Crippen LogP contribution in [-0.2, 0) is 5.41 Å². The molecule has 6 nitrogen and oxygen atoms in total. The van der Waals surface area contributed by atoms with Gasteiger partial charge in [0.05, 0.1) is 5.69 Å². The zero-order valence-corrected chi connectivity index (χ0v) is 16.4. The SMILES string of the molecule is CNC(=O)c1cccc(-c2cnc(NC[C@]3(c4ncccc4F)C[C@H](F)C3)nc2)c1. The number of amides is 1. The van der Waals surface area contributed by atoms with Gasteiger partial charge in [-0.3, -0.25) is 9.78 Å². The fourth-order valence-corrected chi connectivity index (χ4v) is 3.79. The maximum atomic E-state index is 14.2. The number of carbonyl (C=O) groups is 1. The fraction of sp³-hybridized carbons (Fsp3) is 0.273. The molecule has 0 aliphatic heterocycles. The molecule has 2 N–H and O–H groups in total. The average Bonchev–Trinajstić information content (AvgIpc) is 2.76. The molecule has 0 bridgehead atoms. The summed E-state index contributed by atoms with van der Waals surface area (Å²) >= 11 is 0. The molecule has 1 fully saturated rings. The number of hydrogen-bond acceptors (Lipinski definition) is 5. The van der Waals surface area contributed by atoms with Gasteiger partial charge >= 0.3 is 0 Å². The first-order chi connectivity index (χ1) is 14.5. The van der Waals surface area contributed by atoms with E-state index in [9.17, 15) is 13.6 Å². The van der Waals surface area contributed by atoms with Crippen LogP contribution in [0.4, 0.5) is 14.7 Å². The Kier molecular flexibility index (Phi) is 5.39. The lowest BCUT2D eigenvalue weighted by atomic mass is 9.65. The number of rotatable bonds is 6. The van der Waals surface area contributed by atoms with Crippen molar-refractivity contribution in [3.63, 3.8) is 0 Å². The van der Waals surface area contributed by atoms with E-state index in [-0.39, 0.29) is 31.0 Å².